The van der Waals surface area contributed by atoms with E-state index in [4.69, 9.17) is 0 Å². The molecular formula is C66H75AlO9. The molecule has 0 amide bonds. The van der Waals surface area contributed by atoms with E-state index in [0.717, 1.165) is 116 Å². The van der Waals surface area contributed by atoms with Gasteiger partial charge < -0.3 is 35.4 Å². The Bertz CT molecular complexity index is 2590. The quantitative estimate of drug-likeness (QED) is 0.101. The van der Waals surface area contributed by atoms with Crippen molar-refractivity contribution in [2.75, 3.05) is 0 Å². The number of aromatic carboxylic acids is 3. The fourth-order valence-corrected chi connectivity index (χ4v) is 11.7. The van der Waals surface area contributed by atoms with E-state index in [9.17, 15) is 45.0 Å². The number of rotatable bonds is 12. The number of carbonyl (C=O) groups excluding carboxylic acids is 1. The average Bonchev–Trinajstić information content (AvgIpc) is 3.42. The molecule has 9 rings (SSSR count). The van der Waals surface area contributed by atoms with Crippen molar-refractivity contribution in [1.82, 2.24) is 0 Å². The smallest absolute Gasteiger partial charge is 0.872 e. The fourth-order valence-electron chi connectivity index (χ4n) is 11.7. The second kappa shape index (κ2) is 25.7. The summed E-state index contributed by atoms with van der Waals surface area (Å²) in [4.78, 5) is 34.9. The third-order valence-corrected chi connectivity index (χ3v) is 16.8. The molecular weight excluding hydrogens is 964 g/mol. The third kappa shape index (κ3) is 13.4. The predicted octanol–water partition coefficient (Wildman–Crippen LogP) is 13.4. The van der Waals surface area contributed by atoms with Gasteiger partial charge in [0.25, 0.3) is 0 Å². The van der Waals surface area contributed by atoms with E-state index >= 15 is 0 Å². The molecule has 0 bridgehead atoms. The van der Waals surface area contributed by atoms with Crippen LogP contribution < -0.4 is 15.3 Å². The van der Waals surface area contributed by atoms with Crippen LogP contribution in [0.4, 0.5) is 0 Å². The van der Waals surface area contributed by atoms with Gasteiger partial charge in [-0.3, -0.25) is 0 Å². The maximum absolute atomic E-state index is 12.7. The molecule has 0 saturated heterocycles. The van der Waals surface area contributed by atoms with E-state index < -0.39 is 17.9 Å². The molecule has 6 aromatic rings. The van der Waals surface area contributed by atoms with Gasteiger partial charge in [-0.1, -0.05) is 231 Å². The normalized spacial score (nSPS) is 15.7. The van der Waals surface area contributed by atoms with Crippen LogP contribution in [0.5, 0.6) is 17.2 Å². The average molecular weight is 1040 g/mol. The van der Waals surface area contributed by atoms with Crippen molar-refractivity contribution in [2.24, 2.45) is 0 Å². The summed E-state index contributed by atoms with van der Waals surface area (Å²) in [5.41, 5.74) is 6.82. The van der Waals surface area contributed by atoms with Crippen molar-refractivity contribution in [3.63, 3.8) is 0 Å². The van der Waals surface area contributed by atoms with Gasteiger partial charge in [-0.05, 0) is 119 Å². The van der Waals surface area contributed by atoms with Crippen LogP contribution in [0.3, 0.4) is 0 Å². The van der Waals surface area contributed by atoms with Gasteiger partial charge in [0.2, 0.25) is 0 Å². The van der Waals surface area contributed by atoms with Crippen LogP contribution in [0.15, 0.2) is 127 Å². The summed E-state index contributed by atoms with van der Waals surface area (Å²) in [6, 6.07) is 40.8. The molecule has 3 aliphatic carbocycles. The molecule has 10 heteroatoms. The summed E-state index contributed by atoms with van der Waals surface area (Å²) in [6.45, 7) is 12.5. The monoisotopic (exact) mass is 1040 g/mol. The largest absolute Gasteiger partial charge is 3.00 e. The van der Waals surface area contributed by atoms with Crippen molar-refractivity contribution >= 4 is 35.3 Å². The number of carboxylic acid groups (broad SMARTS) is 3. The van der Waals surface area contributed by atoms with E-state index in [-0.39, 0.29) is 85.3 Å². The number of phenols is 1. The molecule has 0 radical (unpaired) electrons. The Kier molecular flexibility index (Phi) is 19.9. The summed E-state index contributed by atoms with van der Waals surface area (Å²) in [7, 11) is 0. The molecule has 3 N–H and O–H groups in total. The Hall–Kier alpha value is -6.34. The second-order valence-electron chi connectivity index (χ2n) is 22.7. The van der Waals surface area contributed by atoms with Crippen LogP contribution in [0.25, 0.3) is 0 Å². The summed E-state index contributed by atoms with van der Waals surface area (Å²) < 4.78 is 0. The maximum atomic E-state index is 12.7. The number of hydrogen-bond donors (Lipinski definition) is 3. The first-order chi connectivity index (χ1) is 35.7. The minimum atomic E-state index is -1.38. The zero-order valence-electron chi connectivity index (χ0n) is 45.3. The summed E-state index contributed by atoms with van der Waals surface area (Å²) in [6.07, 6.45) is 16.2. The van der Waals surface area contributed by atoms with Crippen molar-refractivity contribution < 1.29 is 45.0 Å². The van der Waals surface area contributed by atoms with Crippen LogP contribution >= 0.6 is 0 Å². The van der Waals surface area contributed by atoms with Crippen molar-refractivity contribution in [3.8, 4) is 17.2 Å². The van der Waals surface area contributed by atoms with Crippen LogP contribution in [-0.4, -0.2) is 50.6 Å². The topological polar surface area (TPSA) is 181 Å². The van der Waals surface area contributed by atoms with Crippen molar-refractivity contribution in [3.05, 3.63) is 194 Å². The van der Waals surface area contributed by atoms with Crippen LogP contribution in [0, 0.1) is 0 Å². The van der Waals surface area contributed by atoms with Crippen LogP contribution in [0.2, 0.25) is 0 Å². The molecule has 6 aromatic carbocycles. The first kappa shape index (κ1) is 58.9. The maximum Gasteiger partial charge on any atom is 3.00 e. The molecule has 3 fully saturated rings. The van der Waals surface area contributed by atoms with Gasteiger partial charge in [-0.15, -0.1) is 0 Å². The number of carbonyl (C=O) groups is 3. The summed E-state index contributed by atoms with van der Waals surface area (Å²) in [5.74, 6) is -3.70. The van der Waals surface area contributed by atoms with E-state index in [1.54, 1.807) is 12.1 Å². The fraction of sp³-hybridized carbons (Fsp3) is 0.409. The van der Waals surface area contributed by atoms with E-state index in [0.29, 0.717) is 11.1 Å². The molecule has 0 unspecified atom stereocenters. The molecule has 396 valence electrons. The second-order valence-corrected chi connectivity index (χ2v) is 22.7. The van der Waals surface area contributed by atoms with Crippen LogP contribution in [0.1, 0.15) is 237 Å². The first-order valence-corrected chi connectivity index (χ1v) is 27.2. The third-order valence-electron chi connectivity index (χ3n) is 16.8. The summed E-state index contributed by atoms with van der Waals surface area (Å²) >= 11 is 0. The van der Waals surface area contributed by atoms with E-state index in [1.807, 2.05) is 97.1 Å². The number of hydrogen-bond acceptors (Lipinski definition) is 7. The first-order valence-electron chi connectivity index (χ1n) is 27.2. The van der Waals surface area contributed by atoms with E-state index in [1.165, 1.54) is 25.3 Å². The van der Waals surface area contributed by atoms with Gasteiger partial charge >= 0.3 is 29.3 Å². The van der Waals surface area contributed by atoms with Crippen molar-refractivity contribution in [1.29, 1.82) is 0 Å². The molecule has 3 aliphatic rings. The standard InChI is InChI=1S/3C22H26O3.Al/c3*1-22(2,16-11-7-4-8-12-16)17-13-18(15-9-5-3-6-10-15)20(23)19(14-17)21(24)25;/h3*4,7-8,11-15,23H,3,5-6,9-10H2,1-2H3,(H,24,25);/q;;;+3/p-3. The zero-order valence-corrected chi connectivity index (χ0v) is 46.5. The molecule has 9 nitrogen and oxygen atoms in total. The Labute approximate surface area is 461 Å². The van der Waals surface area contributed by atoms with Gasteiger partial charge in [0, 0.05) is 16.2 Å². The Morgan fingerprint density at radius 2 is 0.684 bits per heavy atom. The Morgan fingerprint density at radius 1 is 0.408 bits per heavy atom. The number of aromatic hydroxyl groups is 1. The molecule has 0 atom stereocenters. The van der Waals surface area contributed by atoms with Gasteiger partial charge in [-0.25, -0.2) is 9.59 Å². The molecule has 0 heterocycles. The summed E-state index contributed by atoms with van der Waals surface area (Å²) in [5, 5.41) is 66.7. The van der Waals surface area contributed by atoms with Gasteiger partial charge in [0.15, 0.2) is 0 Å². The van der Waals surface area contributed by atoms with Gasteiger partial charge in [-0.2, -0.15) is 0 Å². The molecule has 0 aliphatic heterocycles. The van der Waals surface area contributed by atoms with E-state index in [2.05, 4.69) is 53.7 Å². The SMILES string of the molecule is CC(C)(c1ccccc1)c1cc(C(=O)O)c(O)c(C2CCCCC2)c1.CC(C)(c1ccccc1)c1cc(C(=O)O)c([O-])c(C2CCCCC2)c1.CC(C)(c1ccccc1)c1cc(C(=O)[O-])c([O-])c(C2CCCCC2)c1.[Al+3]. The molecule has 0 spiro atoms. The number of benzene rings is 6. The van der Waals surface area contributed by atoms with Gasteiger partial charge in [0.05, 0.1) is 11.5 Å². The number of carboxylic acids is 3. The van der Waals surface area contributed by atoms with Crippen molar-refractivity contribution in [2.45, 2.75) is 172 Å². The van der Waals surface area contributed by atoms with Crippen LogP contribution in [-0.2, 0) is 16.2 Å². The Morgan fingerprint density at radius 3 is 1.00 bits per heavy atom. The zero-order chi connectivity index (χ0) is 54.1. The minimum absolute atomic E-state index is 0. The Balaban J connectivity index is 0.000000184. The predicted molar refractivity (Wildman–Crippen MR) is 297 cm³/mol. The van der Waals surface area contributed by atoms with Gasteiger partial charge in [0.1, 0.15) is 11.3 Å². The minimum Gasteiger partial charge on any atom is -0.872 e. The molecule has 3 saturated carbocycles. The molecule has 0 aromatic heterocycles. The molecule has 76 heavy (non-hydrogen) atoms.